The van der Waals surface area contributed by atoms with Crippen LogP contribution in [0, 0.1) is 0 Å². The van der Waals surface area contributed by atoms with Gasteiger partial charge in [0.05, 0.1) is 5.69 Å². The number of hydrogen-bond acceptors (Lipinski definition) is 4. The molecule has 25 heavy (non-hydrogen) atoms. The average Bonchev–Trinajstić information content (AvgIpc) is 2.59. The Morgan fingerprint density at radius 1 is 1.24 bits per heavy atom. The van der Waals surface area contributed by atoms with Crippen LogP contribution in [-0.2, 0) is 0 Å². The number of halogens is 1. The molecule has 0 aromatic heterocycles. The second-order valence-corrected chi connectivity index (χ2v) is 6.51. The van der Waals surface area contributed by atoms with Crippen LogP contribution in [0.25, 0.3) is 0 Å². The predicted molar refractivity (Wildman–Crippen MR) is 116 cm³/mol. The lowest BCUT2D eigenvalue weighted by atomic mass is 10.2. The fourth-order valence-electron chi connectivity index (χ4n) is 2.83. The molecule has 1 heterocycles. The summed E-state index contributed by atoms with van der Waals surface area (Å²) in [6, 6.07) is 8.09. The maximum Gasteiger partial charge on any atom is 0.193 e. The zero-order valence-electron chi connectivity index (χ0n) is 15.8. The molecule has 0 atom stereocenters. The van der Waals surface area contributed by atoms with Gasteiger partial charge >= 0.3 is 0 Å². The van der Waals surface area contributed by atoms with Gasteiger partial charge in [-0.1, -0.05) is 12.1 Å². The van der Waals surface area contributed by atoms with E-state index < -0.39 is 0 Å². The van der Waals surface area contributed by atoms with Gasteiger partial charge in [-0.2, -0.15) is 0 Å². The van der Waals surface area contributed by atoms with Gasteiger partial charge in [-0.05, 0) is 33.0 Å². The van der Waals surface area contributed by atoms with Gasteiger partial charge in [0.1, 0.15) is 5.75 Å². The minimum absolute atomic E-state index is 0. The molecular weight excluding hydrogens is 429 g/mol. The predicted octanol–water partition coefficient (Wildman–Crippen LogP) is 2.05. The number of nitrogens with zero attached hydrogens (tertiary/aromatic N) is 4. The van der Waals surface area contributed by atoms with E-state index in [2.05, 4.69) is 45.9 Å². The van der Waals surface area contributed by atoms with E-state index in [9.17, 15) is 5.11 Å². The molecule has 0 unspecified atom stereocenters. The van der Waals surface area contributed by atoms with Crippen LogP contribution in [0.5, 0.6) is 5.75 Å². The first-order valence-corrected chi connectivity index (χ1v) is 8.71. The number of phenolic OH excluding ortho intramolecular Hbond substituents is 1. The Balaban J connectivity index is 0.00000312. The molecule has 6 nitrogen and oxygen atoms in total. The Bertz CT molecular complexity index is 544. The van der Waals surface area contributed by atoms with Gasteiger partial charge in [-0.3, -0.25) is 4.99 Å². The summed E-state index contributed by atoms with van der Waals surface area (Å²) in [5.74, 6) is 1.31. The van der Waals surface area contributed by atoms with Crippen LogP contribution in [0.4, 0.5) is 5.69 Å². The number of rotatable bonds is 5. The average molecular weight is 461 g/mol. The largest absolute Gasteiger partial charge is 0.506 e. The van der Waals surface area contributed by atoms with Gasteiger partial charge in [0.2, 0.25) is 0 Å². The SMILES string of the molecule is CN=C(NCCN(C)C(C)C)N1CCN(c2ccccc2O)CC1.I. The number of aliphatic imine (C=N–C) groups is 1. The van der Waals surface area contributed by atoms with Crippen molar-refractivity contribution in [3.63, 3.8) is 0 Å². The van der Waals surface area contributed by atoms with E-state index in [1.807, 2.05) is 25.2 Å². The molecule has 1 aliphatic rings. The summed E-state index contributed by atoms with van der Waals surface area (Å²) in [5.41, 5.74) is 0.915. The van der Waals surface area contributed by atoms with Crippen molar-refractivity contribution in [3.8, 4) is 5.75 Å². The Labute approximate surface area is 168 Å². The van der Waals surface area contributed by atoms with Crippen molar-refractivity contribution >= 4 is 35.6 Å². The number of guanidine groups is 1. The summed E-state index contributed by atoms with van der Waals surface area (Å²) in [4.78, 5) is 11.2. The summed E-state index contributed by atoms with van der Waals surface area (Å²) >= 11 is 0. The Kier molecular flexibility index (Phi) is 9.34. The van der Waals surface area contributed by atoms with Crippen molar-refractivity contribution in [2.75, 3.05) is 58.3 Å². The van der Waals surface area contributed by atoms with Crippen molar-refractivity contribution in [1.82, 2.24) is 15.1 Å². The van der Waals surface area contributed by atoms with Gasteiger partial charge in [0.15, 0.2) is 5.96 Å². The molecule has 1 aliphatic heterocycles. The molecule has 1 aromatic carbocycles. The Morgan fingerprint density at radius 3 is 2.44 bits per heavy atom. The maximum absolute atomic E-state index is 10.0. The molecule has 7 heteroatoms. The monoisotopic (exact) mass is 461 g/mol. The summed E-state index contributed by atoms with van der Waals surface area (Å²) in [5, 5.41) is 13.5. The van der Waals surface area contributed by atoms with Crippen molar-refractivity contribution in [2.24, 2.45) is 4.99 Å². The van der Waals surface area contributed by atoms with Crippen LogP contribution < -0.4 is 10.2 Å². The number of piperazine rings is 1. The highest BCUT2D eigenvalue weighted by atomic mass is 127. The van der Waals surface area contributed by atoms with Gasteiger partial charge in [0, 0.05) is 52.4 Å². The Hall–Kier alpha value is -1.22. The van der Waals surface area contributed by atoms with Gasteiger partial charge in [-0.15, -0.1) is 24.0 Å². The van der Waals surface area contributed by atoms with Crippen LogP contribution in [0.2, 0.25) is 0 Å². The fraction of sp³-hybridized carbons (Fsp3) is 0.611. The zero-order valence-corrected chi connectivity index (χ0v) is 18.1. The second-order valence-electron chi connectivity index (χ2n) is 6.51. The number of benzene rings is 1. The quantitative estimate of drug-likeness (QED) is 0.400. The van der Waals surface area contributed by atoms with Crippen LogP contribution in [0.15, 0.2) is 29.3 Å². The van der Waals surface area contributed by atoms with E-state index >= 15 is 0 Å². The third-order valence-electron chi connectivity index (χ3n) is 4.64. The zero-order chi connectivity index (χ0) is 17.5. The molecule has 0 spiro atoms. The smallest absolute Gasteiger partial charge is 0.193 e. The first-order chi connectivity index (χ1) is 11.5. The molecular formula is C18H32IN5O. The molecule has 0 amide bonds. The first-order valence-electron chi connectivity index (χ1n) is 8.71. The molecule has 0 radical (unpaired) electrons. The van der Waals surface area contributed by atoms with E-state index in [0.29, 0.717) is 11.8 Å². The lowest BCUT2D eigenvalue weighted by molar-refractivity contribution is 0.275. The molecule has 142 valence electrons. The van der Waals surface area contributed by atoms with Crippen LogP contribution in [0.1, 0.15) is 13.8 Å². The van der Waals surface area contributed by atoms with Gasteiger partial charge < -0.3 is 25.1 Å². The number of likely N-dealkylation sites (N-methyl/N-ethyl adjacent to an activating group) is 1. The van der Waals surface area contributed by atoms with E-state index in [0.717, 1.165) is 50.9 Å². The summed E-state index contributed by atoms with van der Waals surface area (Å²) < 4.78 is 0. The molecule has 0 aliphatic carbocycles. The normalized spacial score (nSPS) is 15.5. The minimum Gasteiger partial charge on any atom is -0.506 e. The van der Waals surface area contributed by atoms with Gasteiger partial charge in [-0.25, -0.2) is 0 Å². The third-order valence-corrected chi connectivity index (χ3v) is 4.64. The second kappa shape index (κ2) is 10.7. The van der Waals surface area contributed by atoms with Crippen molar-refractivity contribution in [1.29, 1.82) is 0 Å². The van der Waals surface area contributed by atoms with Crippen molar-refractivity contribution in [3.05, 3.63) is 24.3 Å². The van der Waals surface area contributed by atoms with Crippen LogP contribution in [0.3, 0.4) is 0 Å². The van der Waals surface area contributed by atoms with E-state index in [-0.39, 0.29) is 24.0 Å². The molecule has 0 bridgehead atoms. The number of hydrogen-bond donors (Lipinski definition) is 2. The summed E-state index contributed by atoms with van der Waals surface area (Å²) in [7, 11) is 3.98. The van der Waals surface area contributed by atoms with Crippen LogP contribution in [-0.4, -0.2) is 80.3 Å². The lowest BCUT2D eigenvalue weighted by Gasteiger charge is -2.38. The molecule has 2 N–H and O–H groups in total. The number of aromatic hydroxyl groups is 1. The van der Waals surface area contributed by atoms with Crippen molar-refractivity contribution in [2.45, 2.75) is 19.9 Å². The third kappa shape index (κ3) is 6.22. The summed E-state index contributed by atoms with van der Waals surface area (Å²) in [6.07, 6.45) is 0. The fourth-order valence-corrected chi connectivity index (χ4v) is 2.83. The molecule has 1 fully saturated rings. The van der Waals surface area contributed by atoms with Crippen molar-refractivity contribution < 1.29 is 5.11 Å². The molecule has 1 aromatic rings. The summed E-state index contributed by atoms with van der Waals surface area (Å²) in [6.45, 7) is 9.84. The topological polar surface area (TPSA) is 54.3 Å². The maximum atomic E-state index is 10.0. The van der Waals surface area contributed by atoms with Crippen LogP contribution >= 0.6 is 24.0 Å². The minimum atomic E-state index is 0. The molecule has 0 saturated carbocycles. The number of phenols is 1. The highest BCUT2D eigenvalue weighted by Crippen LogP contribution is 2.27. The number of para-hydroxylation sites is 2. The van der Waals surface area contributed by atoms with E-state index in [4.69, 9.17) is 0 Å². The molecule has 2 rings (SSSR count). The highest BCUT2D eigenvalue weighted by Gasteiger charge is 2.21. The highest BCUT2D eigenvalue weighted by molar-refractivity contribution is 14.0. The Morgan fingerprint density at radius 2 is 1.88 bits per heavy atom. The lowest BCUT2D eigenvalue weighted by Crippen LogP contribution is -2.53. The standard InChI is InChI=1S/C18H31N5O.HI/c1-15(2)21(4)10-9-20-18(19-3)23-13-11-22(12-14-23)16-7-5-6-8-17(16)24;/h5-8,15,24H,9-14H2,1-4H3,(H,19,20);1H. The van der Waals surface area contributed by atoms with E-state index in [1.54, 1.807) is 6.07 Å². The van der Waals surface area contributed by atoms with Gasteiger partial charge in [0.25, 0.3) is 0 Å². The number of nitrogens with one attached hydrogen (secondary N) is 1. The first kappa shape index (κ1) is 21.8. The number of anilines is 1. The molecule has 1 saturated heterocycles. The van der Waals surface area contributed by atoms with E-state index in [1.165, 1.54) is 0 Å².